The highest BCUT2D eigenvalue weighted by molar-refractivity contribution is 7.98. The number of hydrogen-bond acceptors (Lipinski definition) is 5. The number of carbonyl (C=O) groups is 2. The Morgan fingerprint density at radius 3 is 2.56 bits per heavy atom. The third-order valence-electron chi connectivity index (χ3n) is 3.64. The van der Waals surface area contributed by atoms with Crippen LogP contribution in [0.3, 0.4) is 0 Å². The van der Waals surface area contributed by atoms with Crippen LogP contribution in [-0.4, -0.2) is 23.3 Å². The number of nitrogens with one attached hydrogen (secondary N) is 2. The van der Waals surface area contributed by atoms with Crippen LogP contribution in [0.15, 0.2) is 64.9 Å². The Balaban J connectivity index is 1.57. The van der Waals surface area contributed by atoms with Gasteiger partial charge in [0.1, 0.15) is 0 Å². The van der Waals surface area contributed by atoms with E-state index in [2.05, 4.69) is 15.6 Å². The van der Waals surface area contributed by atoms with Gasteiger partial charge in [0, 0.05) is 21.7 Å². The van der Waals surface area contributed by atoms with E-state index in [4.69, 9.17) is 0 Å². The van der Waals surface area contributed by atoms with Crippen molar-refractivity contribution in [1.82, 2.24) is 10.3 Å². The van der Waals surface area contributed by atoms with Gasteiger partial charge in [-0.25, -0.2) is 4.98 Å². The van der Waals surface area contributed by atoms with E-state index in [0.29, 0.717) is 17.0 Å². The van der Waals surface area contributed by atoms with Crippen LogP contribution in [0.2, 0.25) is 0 Å². The van der Waals surface area contributed by atoms with Crippen LogP contribution in [-0.2, 0) is 10.5 Å². The first kappa shape index (κ1) is 19.1. The van der Waals surface area contributed by atoms with E-state index < -0.39 is 0 Å². The summed E-state index contributed by atoms with van der Waals surface area (Å²) in [7, 11) is 0. The Morgan fingerprint density at radius 2 is 1.81 bits per heavy atom. The Kier molecular flexibility index (Phi) is 6.62. The van der Waals surface area contributed by atoms with E-state index in [1.807, 2.05) is 48.7 Å². The molecule has 0 bridgehead atoms. The highest BCUT2D eigenvalue weighted by Crippen LogP contribution is 2.26. The maximum atomic E-state index is 12.5. The fourth-order valence-electron chi connectivity index (χ4n) is 2.39. The second kappa shape index (κ2) is 9.34. The van der Waals surface area contributed by atoms with Crippen molar-refractivity contribution < 1.29 is 9.59 Å². The lowest BCUT2D eigenvalue weighted by Gasteiger charge is -2.10. The molecule has 3 aromatic rings. The Morgan fingerprint density at radius 1 is 1.07 bits per heavy atom. The zero-order chi connectivity index (χ0) is 19.1. The third-order valence-corrected chi connectivity index (χ3v) is 5.57. The summed E-state index contributed by atoms with van der Waals surface area (Å²) in [6.45, 7) is 1.89. The number of benzene rings is 2. The molecule has 0 fully saturated rings. The van der Waals surface area contributed by atoms with Gasteiger partial charge in [-0.3, -0.25) is 9.59 Å². The van der Waals surface area contributed by atoms with E-state index >= 15 is 0 Å². The molecule has 0 aliphatic carbocycles. The summed E-state index contributed by atoms with van der Waals surface area (Å²) in [4.78, 5) is 29.8. The molecule has 2 aromatic carbocycles. The molecular weight excluding hydrogens is 378 g/mol. The fraction of sp³-hybridized carbons (Fsp3) is 0.150. The van der Waals surface area contributed by atoms with Gasteiger partial charge in [0.15, 0.2) is 0 Å². The van der Waals surface area contributed by atoms with Crippen molar-refractivity contribution in [3.05, 3.63) is 76.2 Å². The molecular formula is C20H19N3O2S2. The van der Waals surface area contributed by atoms with E-state index in [9.17, 15) is 9.59 Å². The lowest BCUT2D eigenvalue weighted by atomic mass is 10.2. The third kappa shape index (κ3) is 5.67. The molecule has 0 saturated carbocycles. The van der Waals surface area contributed by atoms with Gasteiger partial charge in [-0.15, -0.1) is 23.1 Å². The molecule has 0 spiro atoms. The quantitative estimate of drug-likeness (QED) is 0.589. The lowest BCUT2D eigenvalue weighted by molar-refractivity contribution is -0.115. The van der Waals surface area contributed by atoms with E-state index in [-0.39, 0.29) is 18.4 Å². The minimum Gasteiger partial charge on any atom is -0.343 e. The summed E-state index contributed by atoms with van der Waals surface area (Å²) < 4.78 is 0. The van der Waals surface area contributed by atoms with E-state index in [0.717, 1.165) is 15.6 Å². The number of carbonyl (C=O) groups excluding carboxylic acids is 2. The van der Waals surface area contributed by atoms with Crippen molar-refractivity contribution in [2.45, 2.75) is 17.6 Å². The van der Waals surface area contributed by atoms with Crippen molar-refractivity contribution >= 4 is 40.6 Å². The number of aromatic nitrogens is 1. The van der Waals surface area contributed by atoms with Crippen LogP contribution in [0.25, 0.3) is 0 Å². The number of rotatable bonds is 7. The second-order valence-electron chi connectivity index (χ2n) is 5.74. The number of nitrogens with zero attached hydrogens (tertiary/aromatic N) is 1. The lowest BCUT2D eigenvalue weighted by Crippen LogP contribution is -2.33. The van der Waals surface area contributed by atoms with Gasteiger partial charge in [-0.1, -0.05) is 30.3 Å². The van der Waals surface area contributed by atoms with Gasteiger partial charge in [0.05, 0.1) is 22.8 Å². The number of anilines is 1. The van der Waals surface area contributed by atoms with Gasteiger partial charge >= 0.3 is 0 Å². The van der Waals surface area contributed by atoms with Crippen LogP contribution in [0, 0.1) is 6.92 Å². The molecule has 0 unspecified atom stereocenters. The smallest absolute Gasteiger partial charge is 0.252 e. The number of hydrogen-bond donors (Lipinski definition) is 2. The highest BCUT2D eigenvalue weighted by atomic mass is 32.2. The minimum atomic E-state index is -0.268. The normalized spacial score (nSPS) is 10.4. The number of amides is 2. The number of thioether (sulfide) groups is 1. The molecule has 0 saturated heterocycles. The maximum absolute atomic E-state index is 12.5. The van der Waals surface area contributed by atoms with Crippen molar-refractivity contribution in [2.24, 2.45) is 0 Å². The molecule has 0 aliphatic rings. The summed E-state index contributed by atoms with van der Waals surface area (Å²) in [5, 5.41) is 8.49. The predicted molar refractivity (Wildman–Crippen MR) is 110 cm³/mol. The van der Waals surface area contributed by atoms with Crippen LogP contribution in [0.5, 0.6) is 0 Å². The van der Waals surface area contributed by atoms with Crippen LogP contribution in [0.4, 0.5) is 5.69 Å². The molecule has 0 atom stereocenters. The summed E-state index contributed by atoms with van der Waals surface area (Å²) >= 11 is 3.18. The van der Waals surface area contributed by atoms with Crippen molar-refractivity contribution in [3.63, 3.8) is 0 Å². The molecule has 0 aliphatic heterocycles. The van der Waals surface area contributed by atoms with Crippen LogP contribution in [0.1, 0.15) is 21.1 Å². The Bertz CT molecular complexity index is 926. The zero-order valence-electron chi connectivity index (χ0n) is 14.8. The van der Waals surface area contributed by atoms with E-state index in [1.165, 1.54) is 0 Å². The molecule has 2 N–H and O–H groups in total. The van der Waals surface area contributed by atoms with Crippen molar-refractivity contribution in [3.8, 4) is 0 Å². The monoisotopic (exact) mass is 397 g/mol. The molecule has 138 valence electrons. The zero-order valence-corrected chi connectivity index (χ0v) is 16.4. The van der Waals surface area contributed by atoms with Crippen LogP contribution >= 0.6 is 23.1 Å². The molecule has 3 rings (SSSR count). The first-order valence-corrected chi connectivity index (χ1v) is 10.2. The Labute approximate surface area is 166 Å². The molecule has 7 heteroatoms. The minimum absolute atomic E-state index is 0.0853. The summed E-state index contributed by atoms with van der Waals surface area (Å²) in [6.07, 6.45) is 0. The SMILES string of the molecule is Cc1nc(CSc2ccccc2C(=O)NCC(=O)Nc2ccccc2)cs1. The predicted octanol–water partition coefficient (Wildman–Crippen LogP) is 4.11. The molecule has 5 nitrogen and oxygen atoms in total. The summed E-state index contributed by atoms with van der Waals surface area (Å²) in [5.74, 6) is 0.164. The maximum Gasteiger partial charge on any atom is 0.252 e. The molecule has 2 amide bonds. The molecule has 0 radical (unpaired) electrons. The highest BCUT2D eigenvalue weighted by Gasteiger charge is 2.13. The number of para-hydroxylation sites is 1. The average molecular weight is 398 g/mol. The van der Waals surface area contributed by atoms with Gasteiger partial charge in [0.2, 0.25) is 5.91 Å². The largest absolute Gasteiger partial charge is 0.343 e. The Hall–Kier alpha value is -2.64. The fourth-order valence-corrected chi connectivity index (χ4v) is 4.05. The van der Waals surface area contributed by atoms with Gasteiger partial charge < -0.3 is 10.6 Å². The topological polar surface area (TPSA) is 71.1 Å². The number of aryl methyl sites for hydroxylation is 1. The summed E-state index contributed by atoms with van der Waals surface area (Å²) in [5.41, 5.74) is 2.26. The van der Waals surface area contributed by atoms with Crippen molar-refractivity contribution in [1.29, 1.82) is 0 Å². The van der Waals surface area contributed by atoms with Gasteiger partial charge in [-0.2, -0.15) is 0 Å². The average Bonchev–Trinajstić information content (AvgIpc) is 3.11. The molecule has 1 heterocycles. The summed E-state index contributed by atoms with van der Waals surface area (Å²) in [6, 6.07) is 16.5. The molecule has 27 heavy (non-hydrogen) atoms. The second-order valence-corrected chi connectivity index (χ2v) is 7.82. The standard InChI is InChI=1S/C20H19N3O2S2/c1-14-22-16(12-26-14)13-27-18-10-6-5-9-17(18)20(25)21-11-19(24)23-15-7-3-2-4-8-15/h2-10,12H,11,13H2,1H3,(H,21,25)(H,23,24). The van der Waals surface area contributed by atoms with Crippen LogP contribution < -0.4 is 10.6 Å². The van der Waals surface area contributed by atoms with Crippen molar-refractivity contribution in [2.75, 3.05) is 11.9 Å². The van der Waals surface area contributed by atoms with Gasteiger partial charge in [-0.05, 0) is 31.2 Å². The number of thiazole rings is 1. The molecule has 1 aromatic heterocycles. The van der Waals surface area contributed by atoms with Gasteiger partial charge in [0.25, 0.3) is 5.91 Å². The first-order chi connectivity index (χ1) is 13.1. The first-order valence-electron chi connectivity index (χ1n) is 8.38. The van der Waals surface area contributed by atoms with E-state index in [1.54, 1.807) is 41.3 Å².